The van der Waals surface area contributed by atoms with Crippen molar-refractivity contribution >= 4 is 0 Å². The maximum atomic E-state index is 5.29. The van der Waals surface area contributed by atoms with Crippen molar-refractivity contribution in [3.8, 4) is 0 Å². The van der Waals surface area contributed by atoms with Crippen molar-refractivity contribution in [3.05, 3.63) is 37.2 Å². The standard InChI is InChI=1S/C10H18N2O2/c1-4-5-6-7-10(13-3)14-8-12-9(2)11/h4-6,10,12H,1-2,7-8,11H2,3H3/b6-5-. The van der Waals surface area contributed by atoms with Crippen LogP contribution in [0, 0.1) is 0 Å². The Morgan fingerprint density at radius 3 is 2.86 bits per heavy atom. The van der Waals surface area contributed by atoms with Gasteiger partial charge in [0.15, 0.2) is 6.29 Å². The van der Waals surface area contributed by atoms with Gasteiger partial charge in [-0.2, -0.15) is 0 Å². The van der Waals surface area contributed by atoms with Crippen LogP contribution in [0.3, 0.4) is 0 Å². The van der Waals surface area contributed by atoms with E-state index >= 15 is 0 Å². The Bertz CT molecular complexity index is 202. The minimum atomic E-state index is -0.280. The first-order valence-electron chi connectivity index (χ1n) is 4.31. The molecule has 14 heavy (non-hydrogen) atoms. The third-order valence-electron chi connectivity index (χ3n) is 1.43. The maximum Gasteiger partial charge on any atom is 0.162 e. The monoisotopic (exact) mass is 198 g/mol. The Labute approximate surface area is 85.1 Å². The van der Waals surface area contributed by atoms with E-state index in [4.69, 9.17) is 15.2 Å². The van der Waals surface area contributed by atoms with Gasteiger partial charge in [-0.15, -0.1) is 0 Å². The Kier molecular flexibility index (Phi) is 7.59. The molecule has 0 aromatic heterocycles. The fourth-order valence-electron chi connectivity index (χ4n) is 0.746. The lowest BCUT2D eigenvalue weighted by atomic mass is 10.3. The molecule has 1 unspecified atom stereocenters. The molecule has 0 bridgehead atoms. The first-order valence-corrected chi connectivity index (χ1v) is 4.31. The van der Waals surface area contributed by atoms with E-state index < -0.39 is 0 Å². The van der Waals surface area contributed by atoms with E-state index in [-0.39, 0.29) is 13.0 Å². The Morgan fingerprint density at radius 2 is 2.36 bits per heavy atom. The van der Waals surface area contributed by atoms with Crippen LogP contribution in [0.1, 0.15) is 6.42 Å². The number of ether oxygens (including phenoxy) is 2. The maximum absolute atomic E-state index is 5.29. The molecule has 0 radical (unpaired) electrons. The largest absolute Gasteiger partial charge is 0.386 e. The van der Waals surface area contributed by atoms with Gasteiger partial charge < -0.3 is 20.5 Å². The molecule has 0 fully saturated rings. The van der Waals surface area contributed by atoms with Gasteiger partial charge in [0.1, 0.15) is 6.73 Å². The molecule has 0 aliphatic heterocycles. The van der Waals surface area contributed by atoms with Crippen LogP contribution in [0.15, 0.2) is 37.2 Å². The molecule has 0 rings (SSSR count). The lowest BCUT2D eigenvalue weighted by molar-refractivity contribution is -0.124. The van der Waals surface area contributed by atoms with Gasteiger partial charge >= 0.3 is 0 Å². The summed E-state index contributed by atoms with van der Waals surface area (Å²) in [7, 11) is 1.59. The van der Waals surface area contributed by atoms with Gasteiger partial charge in [-0.05, 0) is 0 Å². The summed E-state index contributed by atoms with van der Waals surface area (Å²) >= 11 is 0. The molecule has 0 aliphatic rings. The van der Waals surface area contributed by atoms with Crippen molar-refractivity contribution in [3.63, 3.8) is 0 Å². The zero-order valence-corrected chi connectivity index (χ0v) is 8.53. The summed E-state index contributed by atoms with van der Waals surface area (Å²) in [6, 6.07) is 0. The summed E-state index contributed by atoms with van der Waals surface area (Å²) in [6.07, 6.45) is 5.84. The molecule has 4 nitrogen and oxygen atoms in total. The number of nitrogens with one attached hydrogen (secondary N) is 1. The van der Waals surface area contributed by atoms with Crippen molar-refractivity contribution in [1.82, 2.24) is 5.32 Å². The van der Waals surface area contributed by atoms with Crippen LogP contribution in [0.2, 0.25) is 0 Å². The SMILES string of the molecule is C=C/C=C\CC(OC)OCNC(=C)N. The van der Waals surface area contributed by atoms with Crippen molar-refractivity contribution in [2.45, 2.75) is 12.7 Å². The van der Waals surface area contributed by atoms with Gasteiger partial charge in [-0.3, -0.25) is 0 Å². The highest BCUT2D eigenvalue weighted by atomic mass is 16.7. The second kappa shape index (κ2) is 8.34. The normalized spacial score (nSPS) is 12.6. The highest BCUT2D eigenvalue weighted by molar-refractivity contribution is 4.97. The summed E-state index contributed by atoms with van der Waals surface area (Å²) in [5.41, 5.74) is 5.29. The van der Waals surface area contributed by atoms with Crippen molar-refractivity contribution in [1.29, 1.82) is 0 Å². The zero-order chi connectivity index (χ0) is 10.8. The summed E-state index contributed by atoms with van der Waals surface area (Å²) < 4.78 is 10.3. The van der Waals surface area contributed by atoms with Gasteiger partial charge in [0, 0.05) is 13.5 Å². The number of methoxy groups -OCH3 is 1. The van der Waals surface area contributed by atoms with Crippen LogP contribution in [0.25, 0.3) is 0 Å². The minimum Gasteiger partial charge on any atom is -0.386 e. The molecule has 0 saturated carbocycles. The first kappa shape index (κ1) is 12.7. The van der Waals surface area contributed by atoms with Crippen LogP contribution >= 0.6 is 0 Å². The molecule has 80 valence electrons. The molecule has 0 heterocycles. The van der Waals surface area contributed by atoms with Crippen molar-refractivity contribution in [2.75, 3.05) is 13.8 Å². The van der Waals surface area contributed by atoms with Gasteiger partial charge in [0.25, 0.3) is 0 Å². The fraction of sp³-hybridized carbons (Fsp3) is 0.400. The second-order valence-electron chi connectivity index (χ2n) is 2.58. The van der Waals surface area contributed by atoms with Crippen LogP contribution in [0.5, 0.6) is 0 Å². The zero-order valence-electron chi connectivity index (χ0n) is 8.53. The summed E-state index contributed by atoms with van der Waals surface area (Å²) in [5, 5.41) is 2.74. The highest BCUT2D eigenvalue weighted by Crippen LogP contribution is 1.99. The Morgan fingerprint density at radius 1 is 1.64 bits per heavy atom. The molecule has 0 amide bonds. The van der Waals surface area contributed by atoms with Crippen LogP contribution in [0.4, 0.5) is 0 Å². The number of hydrogen-bond donors (Lipinski definition) is 2. The predicted molar refractivity (Wildman–Crippen MR) is 57.2 cm³/mol. The molecule has 0 aromatic carbocycles. The number of hydrogen-bond acceptors (Lipinski definition) is 4. The van der Waals surface area contributed by atoms with E-state index in [9.17, 15) is 0 Å². The van der Waals surface area contributed by atoms with Crippen molar-refractivity contribution in [2.24, 2.45) is 5.73 Å². The molecule has 4 heteroatoms. The summed E-state index contributed by atoms with van der Waals surface area (Å²) in [5.74, 6) is 0.376. The average Bonchev–Trinajstić information content (AvgIpc) is 2.15. The van der Waals surface area contributed by atoms with Gasteiger partial charge in [-0.25, -0.2) is 0 Å². The third-order valence-corrected chi connectivity index (χ3v) is 1.43. The van der Waals surface area contributed by atoms with E-state index in [2.05, 4.69) is 18.5 Å². The van der Waals surface area contributed by atoms with Gasteiger partial charge in [-0.1, -0.05) is 31.4 Å². The predicted octanol–water partition coefficient (Wildman–Crippen LogP) is 1.08. The average molecular weight is 198 g/mol. The first-order chi connectivity index (χ1) is 6.70. The molecular formula is C10H18N2O2. The Hall–Kier alpha value is -1.26. The molecule has 0 spiro atoms. The van der Waals surface area contributed by atoms with Crippen molar-refractivity contribution < 1.29 is 9.47 Å². The van der Waals surface area contributed by atoms with E-state index in [0.717, 1.165) is 0 Å². The van der Waals surface area contributed by atoms with E-state index in [0.29, 0.717) is 12.2 Å². The lowest BCUT2D eigenvalue weighted by Crippen LogP contribution is -2.26. The van der Waals surface area contributed by atoms with Crippen LogP contribution in [-0.4, -0.2) is 20.1 Å². The number of allylic oxidation sites excluding steroid dienone is 2. The molecule has 0 aromatic rings. The molecule has 0 aliphatic carbocycles. The van der Waals surface area contributed by atoms with E-state index in [1.165, 1.54) is 0 Å². The molecule has 1 atom stereocenters. The molecule has 0 saturated heterocycles. The van der Waals surface area contributed by atoms with E-state index in [1.807, 2.05) is 12.2 Å². The van der Waals surface area contributed by atoms with E-state index in [1.54, 1.807) is 13.2 Å². The van der Waals surface area contributed by atoms with Gasteiger partial charge in [0.2, 0.25) is 0 Å². The summed E-state index contributed by atoms with van der Waals surface area (Å²) in [4.78, 5) is 0. The van der Waals surface area contributed by atoms with Gasteiger partial charge in [0.05, 0.1) is 5.82 Å². The second-order valence-corrected chi connectivity index (χ2v) is 2.58. The number of rotatable bonds is 8. The topological polar surface area (TPSA) is 56.5 Å². The smallest absolute Gasteiger partial charge is 0.162 e. The molecular weight excluding hydrogens is 180 g/mol. The third kappa shape index (κ3) is 7.39. The number of nitrogens with two attached hydrogens (primary N) is 1. The van der Waals surface area contributed by atoms with Crippen LogP contribution < -0.4 is 11.1 Å². The minimum absolute atomic E-state index is 0.280. The summed E-state index contributed by atoms with van der Waals surface area (Å²) in [6.45, 7) is 7.32. The molecule has 3 N–H and O–H groups in total. The highest BCUT2D eigenvalue weighted by Gasteiger charge is 2.03. The van der Waals surface area contributed by atoms with Crippen LogP contribution in [-0.2, 0) is 9.47 Å². The Balaban J connectivity index is 3.62. The quantitative estimate of drug-likeness (QED) is 0.453. The lowest BCUT2D eigenvalue weighted by Gasteiger charge is -2.15. The fourth-order valence-corrected chi connectivity index (χ4v) is 0.746.